The molecule has 0 atom stereocenters. The van der Waals surface area contributed by atoms with Gasteiger partial charge in [-0.15, -0.1) is 11.3 Å². The molecule has 0 radical (unpaired) electrons. The molecule has 0 aliphatic heterocycles. The van der Waals surface area contributed by atoms with E-state index in [-0.39, 0.29) is 5.69 Å². The van der Waals surface area contributed by atoms with Crippen LogP contribution in [0.5, 0.6) is 0 Å². The van der Waals surface area contributed by atoms with Gasteiger partial charge in [0.25, 0.3) is 0 Å². The van der Waals surface area contributed by atoms with Gasteiger partial charge in [0.05, 0.1) is 5.01 Å². The van der Waals surface area contributed by atoms with Crippen molar-refractivity contribution in [1.82, 2.24) is 14.8 Å². The number of nitrogens with one attached hydrogen (secondary N) is 1. The zero-order valence-electron chi connectivity index (χ0n) is 8.76. The van der Waals surface area contributed by atoms with Crippen molar-refractivity contribution in [3.63, 3.8) is 0 Å². The summed E-state index contributed by atoms with van der Waals surface area (Å²) in [6, 6.07) is 1.76. The third kappa shape index (κ3) is 2.03. The molecule has 0 aliphatic carbocycles. The van der Waals surface area contributed by atoms with Crippen molar-refractivity contribution in [3.05, 3.63) is 23.0 Å². The van der Waals surface area contributed by atoms with Crippen LogP contribution in [0.2, 0.25) is 0 Å². The molecule has 0 bridgehead atoms. The quantitative estimate of drug-likeness (QED) is 0.849. The van der Waals surface area contributed by atoms with Gasteiger partial charge in [-0.1, -0.05) is 0 Å². The number of carbonyl (C=O) groups is 1. The number of hydrogen-bond donors (Lipinski definition) is 2. The van der Waals surface area contributed by atoms with Crippen molar-refractivity contribution >= 4 is 28.1 Å². The molecule has 0 aliphatic rings. The summed E-state index contributed by atoms with van der Waals surface area (Å²) < 4.78 is 1.64. The fraction of sp³-hybridized carbons (Fsp3) is 0.222. The number of rotatable bonds is 3. The molecule has 0 fully saturated rings. The first kappa shape index (κ1) is 10.6. The van der Waals surface area contributed by atoms with Crippen molar-refractivity contribution < 1.29 is 9.90 Å². The van der Waals surface area contributed by atoms with E-state index in [0.717, 1.165) is 0 Å². The molecular weight excluding hydrogens is 228 g/mol. The number of thiazole rings is 1. The summed E-state index contributed by atoms with van der Waals surface area (Å²) in [5, 5.41) is 17.2. The minimum absolute atomic E-state index is 0.0353. The van der Waals surface area contributed by atoms with Gasteiger partial charge in [-0.2, -0.15) is 5.10 Å². The van der Waals surface area contributed by atoms with E-state index in [2.05, 4.69) is 15.4 Å². The Hall–Kier alpha value is -1.89. The van der Waals surface area contributed by atoms with E-state index in [1.54, 1.807) is 30.9 Å². The summed E-state index contributed by atoms with van der Waals surface area (Å²) in [5.41, 5.74) is 0.0353. The zero-order valence-corrected chi connectivity index (χ0v) is 9.58. The monoisotopic (exact) mass is 238 g/mol. The van der Waals surface area contributed by atoms with Gasteiger partial charge >= 0.3 is 5.97 Å². The first-order chi connectivity index (χ1) is 7.56. The van der Waals surface area contributed by atoms with E-state index in [1.807, 2.05) is 0 Å². The van der Waals surface area contributed by atoms with Crippen LogP contribution in [-0.4, -0.2) is 25.8 Å². The number of hydrogen-bond acceptors (Lipinski definition) is 5. The van der Waals surface area contributed by atoms with Crippen molar-refractivity contribution in [2.45, 2.75) is 6.92 Å². The van der Waals surface area contributed by atoms with E-state index in [1.165, 1.54) is 11.3 Å². The van der Waals surface area contributed by atoms with Crippen molar-refractivity contribution in [2.75, 3.05) is 5.32 Å². The van der Waals surface area contributed by atoms with Crippen molar-refractivity contribution in [1.29, 1.82) is 0 Å². The van der Waals surface area contributed by atoms with E-state index < -0.39 is 5.97 Å². The van der Waals surface area contributed by atoms with Crippen LogP contribution in [0, 0.1) is 6.92 Å². The SMILES string of the molecule is Cc1nc(C(=O)O)c(Nc2ccn(C)n2)s1. The molecule has 2 aromatic heterocycles. The lowest BCUT2D eigenvalue weighted by atomic mass is 10.4. The molecule has 84 valence electrons. The molecule has 16 heavy (non-hydrogen) atoms. The molecule has 2 heterocycles. The second kappa shape index (κ2) is 3.93. The predicted octanol–water partition coefficient (Wildman–Crippen LogP) is 1.63. The second-order valence-electron chi connectivity index (χ2n) is 3.22. The number of nitrogens with zero attached hydrogens (tertiary/aromatic N) is 3. The van der Waals surface area contributed by atoms with Gasteiger partial charge in [0.1, 0.15) is 5.00 Å². The number of anilines is 2. The molecular formula is C9H10N4O2S. The molecule has 0 spiro atoms. The maximum atomic E-state index is 10.9. The highest BCUT2D eigenvalue weighted by atomic mass is 32.1. The maximum Gasteiger partial charge on any atom is 0.357 e. The van der Waals surface area contributed by atoms with Crippen LogP contribution in [0.15, 0.2) is 12.3 Å². The highest BCUT2D eigenvalue weighted by Gasteiger charge is 2.16. The van der Waals surface area contributed by atoms with E-state index >= 15 is 0 Å². The van der Waals surface area contributed by atoms with Gasteiger partial charge in [0.15, 0.2) is 11.5 Å². The Morgan fingerprint density at radius 1 is 1.62 bits per heavy atom. The summed E-state index contributed by atoms with van der Waals surface area (Å²) >= 11 is 1.29. The Labute approximate surface area is 95.6 Å². The zero-order chi connectivity index (χ0) is 11.7. The number of carboxylic acids is 1. The van der Waals surface area contributed by atoms with Crippen LogP contribution in [0.25, 0.3) is 0 Å². The Balaban J connectivity index is 2.30. The smallest absolute Gasteiger partial charge is 0.357 e. The molecule has 0 unspecified atom stereocenters. The van der Waals surface area contributed by atoms with Crippen LogP contribution >= 0.6 is 11.3 Å². The molecule has 2 N–H and O–H groups in total. The Morgan fingerprint density at radius 3 is 2.94 bits per heavy atom. The van der Waals surface area contributed by atoms with Gasteiger partial charge in [-0.05, 0) is 6.92 Å². The van der Waals surface area contributed by atoms with Gasteiger partial charge in [-0.25, -0.2) is 9.78 Å². The lowest BCUT2D eigenvalue weighted by Gasteiger charge is -1.99. The summed E-state index contributed by atoms with van der Waals surface area (Å²) in [7, 11) is 1.79. The third-order valence-electron chi connectivity index (χ3n) is 1.89. The minimum atomic E-state index is -1.04. The van der Waals surface area contributed by atoms with Crippen LogP contribution in [0.3, 0.4) is 0 Å². The molecule has 0 saturated carbocycles. The minimum Gasteiger partial charge on any atom is -0.476 e. The summed E-state index contributed by atoms with van der Waals surface area (Å²) in [5.74, 6) is -0.434. The summed E-state index contributed by atoms with van der Waals surface area (Å²) in [4.78, 5) is 14.8. The van der Waals surface area contributed by atoms with Gasteiger partial charge in [0, 0.05) is 19.3 Å². The largest absolute Gasteiger partial charge is 0.476 e. The molecule has 6 nitrogen and oxygen atoms in total. The molecule has 0 aromatic carbocycles. The molecule has 2 rings (SSSR count). The van der Waals surface area contributed by atoms with Crippen LogP contribution < -0.4 is 5.32 Å². The summed E-state index contributed by atoms with van der Waals surface area (Å²) in [6.07, 6.45) is 1.77. The standard InChI is InChI=1S/C9H10N4O2S/c1-5-10-7(9(14)15)8(16-5)11-6-3-4-13(2)12-6/h3-4H,1-2H3,(H,11,12)(H,14,15). The highest BCUT2D eigenvalue weighted by molar-refractivity contribution is 7.16. The first-order valence-corrected chi connectivity index (χ1v) is 5.35. The number of carboxylic acid groups (broad SMARTS) is 1. The maximum absolute atomic E-state index is 10.9. The third-order valence-corrected chi connectivity index (χ3v) is 2.78. The fourth-order valence-electron chi connectivity index (χ4n) is 1.25. The van der Waals surface area contributed by atoms with Crippen LogP contribution in [0.4, 0.5) is 10.8 Å². The number of aryl methyl sites for hydroxylation is 2. The molecule has 0 amide bonds. The summed E-state index contributed by atoms with van der Waals surface area (Å²) in [6.45, 7) is 1.76. The first-order valence-electron chi connectivity index (χ1n) is 4.53. The second-order valence-corrected chi connectivity index (χ2v) is 4.42. The normalized spacial score (nSPS) is 10.4. The van der Waals surface area contributed by atoms with Gasteiger partial charge in [0.2, 0.25) is 0 Å². The van der Waals surface area contributed by atoms with E-state index in [4.69, 9.17) is 5.11 Å². The van der Waals surface area contributed by atoms with E-state index in [0.29, 0.717) is 15.8 Å². The van der Waals surface area contributed by atoms with Gasteiger partial charge < -0.3 is 10.4 Å². The van der Waals surface area contributed by atoms with Crippen LogP contribution in [0.1, 0.15) is 15.5 Å². The molecule has 7 heteroatoms. The fourth-order valence-corrected chi connectivity index (χ4v) is 2.07. The Morgan fingerprint density at radius 2 is 2.38 bits per heavy atom. The number of aromatic carboxylic acids is 1. The highest BCUT2D eigenvalue weighted by Crippen LogP contribution is 2.26. The van der Waals surface area contributed by atoms with Crippen LogP contribution in [-0.2, 0) is 7.05 Å². The average molecular weight is 238 g/mol. The molecule has 2 aromatic rings. The Bertz CT molecular complexity index is 531. The lowest BCUT2D eigenvalue weighted by Crippen LogP contribution is -2.01. The van der Waals surface area contributed by atoms with Crippen molar-refractivity contribution in [3.8, 4) is 0 Å². The molecule has 0 saturated heterocycles. The lowest BCUT2D eigenvalue weighted by molar-refractivity contribution is 0.0692. The topological polar surface area (TPSA) is 80.0 Å². The van der Waals surface area contributed by atoms with Crippen molar-refractivity contribution in [2.24, 2.45) is 7.05 Å². The predicted molar refractivity (Wildman–Crippen MR) is 60.3 cm³/mol. The van der Waals surface area contributed by atoms with Gasteiger partial charge in [-0.3, -0.25) is 4.68 Å². The average Bonchev–Trinajstić information content (AvgIpc) is 2.74. The van der Waals surface area contributed by atoms with E-state index in [9.17, 15) is 4.79 Å². The number of aromatic nitrogens is 3. The Kier molecular flexibility index (Phi) is 2.61.